The first-order chi connectivity index (χ1) is 7.89. The summed E-state index contributed by atoms with van der Waals surface area (Å²) in [6.07, 6.45) is -0.102. The second-order valence-electron chi connectivity index (χ2n) is 4.03. The molecule has 1 unspecified atom stereocenters. The van der Waals surface area contributed by atoms with E-state index in [-0.39, 0.29) is 12.3 Å². The molecule has 0 aliphatic carbocycles. The number of benzene rings is 1. The summed E-state index contributed by atoms with van der Waals surface area (Å²) in [5.74, 6) is -0.0763. The van der Waals surface area contributed by atoms with Crippen molar-refractivity contribution in [1.29, 1.82) is 0 Å². The number of nitrogens with two attached hydrogens (primary N) is 1. The molecule has 1 aromatic carbocycles. The van der Waals surface area contributed by atoms with Gasteiger partial charge in [-0.1, -0.05) is 12.1 Å². The first-order valence-corrected chi connectivity index (χ1v) is 7.04. The molecule has 1 rings (SSSR count). The van der Waals surface area contributed by atoms with Gasteiger partial charge in [0.1, 0.15) is 0 Å². The van der Waals surface area contributed by atoms with Crippen LogP contribution in [0.1, 0.15) is 18.9 Å². The van der Waals surface area contributed by atoms with Gasteiger partial charge in [0.15, 0.2) is 0 Å². The van der Waals surface area contributed by atoms with Gasteiger partial charge in [0.2, 0.25) is 10.0 Å². The number of anilines is 1. The van der Waals surface area contributed by atoms with Crippen LogP contribution in [-0.4, -0.2) is 26.2 Å². The van der Waals surface area contributed by atoms with E-state index in [2.05, 4.69) is 4.72 Å². The molecule has 17 heavy (non-hydrogen) atoms. The van der Waals surface area contributed by atoms with E-state index in [0.29, 0.717) is 17.7 Å². The molecule has 0 aliphatic heterocycles. The number of aliphatic hydroxyl groups is 1. The summed E-state index contributed by atoms with van der Waals surface area (Å²) in [5, 5.41) is 9.02. The molecule has 0 heterocycles. The maximum Gasteiger partial charge on any atom is 0.215 e. The van der Waals surface area contributed by atoms with Gasteiger partial charge in [-0.2, -0.15) is 0 Å². The SMILES string of the molecule is CC(O)CCNS(=O)(=O)Cc1ccc(N)cc1. The van der Waals surface area contributed by atoms with Crippen molar-refractivity contribution in [2.75, 3.05) is 12.3 Å². The van der Waals surface area contributed by atoms with Crippen molar-refractivity contribution in [3.05, 3.63) is 29.8 Å². The largest absolute Gasteiger partial charge is 0.399 e. The molecule has 5 nitrogen and oxygen atoms in total. The zero-order valence-electron chi connectivity index (χ0n) is 9.76. The Labute approximate surface area is 102 Å². The third kappa shape index (κ3) is 5.67. The van der Waals surface area contributed by atoms with Gasteiger partial charge < -0.3 is 10.8 Å². The Kier molecular flexibility index (Phi) is 4.92. The molecule has 0 radical (unpaired) electrons. The van der Waals surface area contributed by atoms with E-state index in [1.165, 1.54) is 0 Å². The van der Waals surface area contributed by atoms with Crippen LogP contribution < -0.4 is 10.5 Å². The lowest BCUT2D eigenvalue weighted by molar-refractivity contribution is 0.186. The van der Waals surface area contributed by atoms with E-state index in [0.717, 1.165) is 0 Å². The van der Waals surface area contributed by atoms with E-state index in [1.54, 1.807) is 31.2 Å². The van der Waals surface area contributed by atoms with Gasteiger partial charge in [0, 0.05) is 12.2 Å². The predicted octanol–water partition coefficient (Wildman–Crippen LogP) is 0.459. The molecule has 1 atom stereocenters. The van der Waals surface area contributed by atoms with E-state index in [9.17, 15) is 8.42 Å². The zero-order valence-corrected chi connectivity index (χ0v) is 10.6. The molecular weight excluding hydrogens is 240 g/mol. The minimum absolute atomic E-state index is 0.0763. The third-order valence-corrected chi connectivity index (χ3v) is 3.58. The molecule has 0 amide bonds. The molecule has 0 fully saturated rings. The van der Waals surface area contributed by atoms with Crippen molar-refractivity contribution in [2.24, 2.45) is 0 Å². The van der Waals surface area contributed by atoms with Crippen molar-refractivity contribution in [2.45, 2.75) is 25.2 Å². The van der Waals surface area contributed by atoms with E-state index < -0.39 is 16.1 Å². The zero-order chi connectivity index (χ0) is 12.9. The normalized spacial score (nSPS) is 13.5. The smallest absolute Gasteiger partial charge is 0.215 e. The molecule has 0 bridgehead atoms. The minimum Gasteiger partial charge on any atom is -0.399 e. The number of aliphatic hydroxyl groups excluding tert-OH is 1. The van der Waals surface area contributed by atoms with Gasteiger partial charge in [-0.15, -0.1) is 0 Å². The van der Waals surface area contributed by atoms with Crippen molar-refractivity contribution >= 4 is 15.7 Å². The van der Waals surface area contributed by atoms with Gasteiger partial charge in [-0.05, 0) is 31.0 Å². The first-order valence-electron chi connectivity index (χ1n) is 5.39. The summed E-state index contributed by atoms with van der Waals surface area (Å²) < 4.78 is 25.7. The van der Waals surface area contributed by atoms with Crippen molar-refractivity contribution in [3.63, 3.8) is 0 Å². The van der Waals surface area contributed by atoms with Crippen LogP contribution in [0.2, 0.25) is 0 Å². The van der Waals surface area contributed by atoms with E-state index in [1.807, 2.05) is 0 Å². The predicted molar refractivity (Wildman–Crippen MR) is 67.8 cm³/mol. The topological polar surface area (TPSA) is 92.4 Å². The maximum absolute atomic E-state index is 11.6. The number of hydrogen-bond acceptors (Lipinski definition) is 4. The average Bonchev–Trinajstić information content (AvgIpc) is 2.20. The lowest BCUT2D eigenvalue weighted by Gasteiger charge is -2.08. The molecule has 0 aromatic heterocycles. The second kappa shape index (κ2) is 6.00. The molecule has 4 N–H and O–H groups in total. The Bertz CT molecular complexity index is 440. The molecule has 0 spiro atoms. The third-order valence-electron chi connectivity index (χ3n) is 2.22. The molecule has 0 saturated heterocycles. The quantitative estimate of drug-likeness (QED) is 0.646. The van der Waals surface area contributed by atoms with Crippen LogP contribution in [0, 0.1) is 0 Å². The fraction of sp³-hybridized carbons (Fsp3) is 0.455. The molecular formula is C11H18N2O3S. The Balaban J connectivity index is 2.52. The highest BCUT2D eigenvalue weighted by atomic mass is 32.2. The number of rotatable bonds is 6. The number of hydrogen-bond donors (Lipinski definition) is 3. The van der Waals surface area contributed by atoms with Crippen molar-refractivity contribution < 1.29 is 13.5 Å². The molecule has 96 valence electrons. The molecule has 0 aliphatic rings. The summed E-state index contributed by atoms with van der Waals surface area (Å²) in [5.41, 5.74) is 6.80. The highest BCUT2D eigenvalue weighted by Crippen LogP contribution is 2.08. The fourth-order valence-corrected chi connectivity index (χ4v) is 2.47. The van der Waals surface area contributed by atoms with Crippen LogP contribution in [0.25, 0.3) is 0 Å². The summed E-state index contributed by atoms with van der Waals surface area (Å²) in [4.78, 5) is 0. The van der Waals surface area contributed by atoms with Gasteiger partial charge in [0.25, 0.3) is 0 Å². The van der Waals surface area contributed by atoms with Crippen LogP contribution in [0.3, 0.4) is 0 Å². The van der Waals surface area contributed by atoms with Crippen LogP contribution in [-0.2, 0) is 15.8 Å². The fourth-order valence-electron chi connectivity index (χ4n) is 1.31. The molecule has 0 saturated carbocycles. The van der Waals surface area contributed by atoms with Crippen LogP contribution in [0.5, 0.6) is 0 Å². The second-order valence-corrected chi connectivity index (χ2v) is 5.84. The molecule has 6 heteroatoms. The lowest BCUT2D eigenvalue weighted by atomic mass is 10.2. The minimum atomic E-state index is -3.35. The number of nitrogens with one attached hydrogen (secondary N) is 1. The van der Waals surface area contributed by atoms with Crippen LogP contribution in [0.15, 0.2) is 24.3 Å². The first kappa shape index (κ1) is 14.0. The van der Waals surface area contributed by atoms with Gasteiger partial charge in [0.05, 0.1) is 11.9 Å². The summed E-state index contributed by atoms with van der Waals surface area (Å²) >= 11 is 0. The highest BCUT2D eigenvalue weighted by molar-refractivity contribution is 7.88. The summed E-state index contributed by atoms with van der Waals surface area (Å²) in [6.45, 7) is 1.86. The van der Waals surface area contributed by atoms with Gasteiger partial charge in [-0.25, -0.2) is 13.1 Å². The van der Waals surface area contributed by atoms with Gasteiger partial charge >= 0.3 is 0 Å². The maximum atomic E-state index is 11.6. The Hall–Kier alpha value is -1.11. The number of nitrogen functional groups attached to an aromatic ring is 1. The Morgan fingerprint density at radius 3 is 2.47 bits per heavy atom. The highest BCUT2D eigenvalue weighted by Gasteiger charge is 2.11. The van der Waals surface area contributed by atoms with Crippen LogP contribution in [0.4, 0.5) is 5.69 Å². The standard InChI is InChI=1S/C11H18N2O3S/c1-9(14)6-7-13-17(15,16)8-10-2-4-11(12)5-3-10/h2-5,9,13-14H,6-8,12H2,1H3. The monoisotopic (exact) mass is 258 g/mol. The Morgan fingerprint density at radius 2 is 1.94 bits per heavy atom. The van der Waals surface area contributed by atoms with Crippen molar-refractivity contribution in [3.8, 4) is 0 Å². The average molecular weight is 258 g/mol. The number of sulfonamides is 1. The van der Waals surface area contributed by atoms with E-state index >= 15 is 0 Å². The van der Waals surface area contributed by atoms with E-state index in [4.69, 9.17) is 10.8 Å². The Morgan fingerprint density at radius 1 is 1.35 bits per heavy atom. The van der Waals surface area contributed by atoms with Crippen molar-refractivity contribution in [1.82, 2.24) is 4.72 Å². The molecule has 1 aromatic rings. The lowest BCUT2D eigenvalue weighted by Crippen LogP contribution is -2.27. The summed E-state index contributed by atoms with van der Waals surface area (Å²) in [6, 6.07) is 6.70. The van der Waals surface area contributed by atoms with Gasteiger partial charge in [-0.3, -0.25) is 0 Å². The van der Waals surface area contributed by atoms with Crippen LogP contribution >= 0.6 is 0 Å². The summed E-state index contributed by atoms with van der Waals surface area (Å²) in [7, 11) is -3.35.